The van der Waals surface area contributed by atoms with Gasteiger partial charge >= 0.3 is 11.2 Å². The van der Waals surface area contributed by atoms with E-state index >= 15 is 0 Å². The van der Waals surface area contributed by atoms with E-state index in [9.17, 15) is 30.0 Å². The van der Waals surface area contributed by atoms with E-state index in [1.54, 1.807) is 7.05 Å². The van der Waals surface area contributed by atoms with Crippen molar-refractivity contribution in [3.8, 4) is 0 Å². The molecular formula is C20H29N8O10+. The summed E-state index contributed by atoms with van der Waals surface area (Å²) in [6, 6.07) is 1.37. The summed E-state index contributed by atoms with van der Waals surface area (Å²) in [4.78, 5) is 33.3. The number of rotatable bonds is 4. The van der Waals surface area contributed by atoms with E-state index in [1.165, 1.54) is 27.7 Å². The van der Waals surface area contributed by atoms with E-state index in [2.05, 4.69) is 15.0 Å². The van der Waals surface area contributed by atoms with Gasteiger partial charge in [-0.05, 0) is 6.07 Å². The van der Waals surface area contributed by atoms with Crippen molar-refractivity contribution >= 4 is 22.9 Å². The Balaban J connectivity index is 0.000000181. The molecule has 3 aromatic heterocycles. The zero-order valence-corrected chi connectivity index (χ0v) is 20.0. The van der Waals surface area contributed by atoms with Crippen LogP contribution in [0.3, 0.4) is 0 Å². The highest BCUT2D eigenvalue weighted by molar-refractivity contribution is 5.66. The van der Waals surface area contributed by atoms with Gasteiger partial charge in [0.25, 0.3) is 11.2 Å². The van der Waals surface area contributed by atoms with Gasteiger partial charge in [0, 0.05) is 6.20 Å². The van der Waals surface area contributed by atoms with Crippen molar-refractivity contribution in [2.75, 3.05) is 24.7 Å². The monoisotopic (exact) mass is 541 g/mol. The number of nitrogen functional groups attached to an aromatic ring is 2. The summed E-state index contributed by atoms with van der Waals surface area (Å²) < 4.78 is 14.5. The Bertz CT molecular complexity index is 1410. The van der Waals surface area contributed by atoms with Crippen molar-refractivity contribution in [2.45, 2.75) is 49.1 Å². The normalized spacial score (nSPS) is 30.9. The summed E-state index contributed by atoms with van der Waals surface area (Å²) in [6.45, 7) is -0.887. The average molecular weight is 541 g/mol. The number of aryl methyl sites for hydroxylation is 1. The fraction of sp³-hybridized carbons (Fsp3) is 0.550. The van der Waals surface area contributed by atoms with Crippen LogP contribution >= 0.6 is 0 Å². The third-order valence-electron chi connectivity index (χ3n) is 6.22. The van der Waals surface area contributed by atoms with Crippen LogP contribution in [0.2, 0.25) is 0 Å². The Morgan fingerprint density at radius 2 is 1.50 bits per heavy atom. The molecule has 5 heterocycles. The lowest BCUT2D eigenvalue weighted by atomic mass is 10.1. The van der Waals surface area contributed by atoms with E-state index in [-0.39, 0.29) is 22.9 Å². The molecule has 18 nitrogen and oxygen atoms in total. The molecular weight excluding hydrogens is 512 g/mol. The van der Waals surface area contributed by atoms with Gasteiger partial charge in [-0.1, -0.05) is 0 Å². The maximum atomic E-state index is 11.9. The van der Waals surface area contributed by atoms with Crippen LogP contribution in [0.25, 0.3) is 11.2 Å². The van der Waals surface area contributed by atoms with Crippen molar-refractivity contribution in [1.29, 1.82) is 0 Å². The summed E-state index contributed by atoms with van der Waals surface area (Å²) in [5, 5.41) is 57.1. The topological polar surface area (TPSA) is 281 Å². The molecule has 2 aliphatic heterocycles. The molecule has 2 aliphatic rings. The molecule has 0 radical (unpaired) electrons. The highest BCUT2D eigenvalue weighted by Crippen LogP contribution is 2.30. The number of aliphatic hydroxyl groups excluding tert-OH is 6. The number of nitrogens with one attached hydrogen (secondary N) is 1. The lowest BCUT2D eigenvalue weighted by Gasteiger charge is -2.16. The second-order valence-electron chi connectivity index (χ2n) is 8.76. The summed E-state index contributed by atoms with van der Waals surface area (Å²) in [6.07, 6.45) is -6.15. The number of hydrogen-bond acceptors (Lipinski definition) is 14. The van der Waals surface area contributed by atoms with Crippen molar-refractivity contribution in [2.24, 2.45) is 7.05 Å². The van der Waals surface area contributed by atoms with Gasteiger partial charge in [-0.25, -0.2) is 9.36 Å². The van der Waals surface area contributed by atoms with E-state index in [0.29, 0.717) is 0 Å². The minimum Gasteiger partial charge on any atom is -0.394 e. The molecule has 0 aromatic carbocycles. The van der Waals surface area contributed by atoms with Crippen LogP contribution in [-0.4, -0.2) is 105 Å². The Kier molecular flexibility index (Phi) is 7.76. The van der Waals surface area contributed by atoms with E-state index in [0.717, 1.165) is 4.57 Å². The average Bonchev–Trinajstić information content (AvgIpc) is 3.45. The Labute approximate surface area is 212 Å². The van der Waals surface area contributed by atoms with Gasteiger partial charge < -0.3 is 51.6 Å². The van der Waals surface area contributed by atoms with Crippen molar-refractivity contribution < 1.29 is 44.7 Å². The van der Waals surface area contributed by atoms with Crippen LogP contribution in [0.1, 0.15) is 12.5 Å². The first-order valence-electron chi connectivity index (χ1n) is 11.3. The van der Waals surface area contributed by atoms with E-state index < -0.39 is 73.5 Å². The molecule has 2 saturated heterocycles. The van der Waals surface area contributed by atoms with Crippen molar-refractivity contribution in [3.63, 3.8) is 0 Å². The number of aliphatic hydroxyl groups is 6. The smallest absolute Gasteiger partial charge is 0.351 e. The summed E-state index contributed by atoms with van der Waals surface area (Å²) in [5.74, 6) is -0.0165. The first kappa shape index (κ1) is 27.5. The van der Waals surface area contributed by atoms with Gasteiger partial charge in [-0.3, -0.25) is 14.3 Å². The fourth-order valence-corrected chi connectivity index (χ4v) is 4.29. The zero-order chi connectivity index (χ0) is 27.9. The number of H-pyrrole nitrogens is 1. The number of nitrogens with two attached hydrogens (primary N) is 2. The lowest BCUT2D eigenvalue weighted by molar-refractivity contribution is -0.646. The third-order valence-corrected chi connectivity index (χ3v) is 6.22. The van der Waals surface area contributed by atoms with Crippen LogP contribution in [-0.2, 0) is 16.5 Å². The van der Waals surface area contributed by atoms with Crippen LogP contribution in [0, 0.1) is 0 Å². The van der Waals surface area contributed by atoms with Gasteiger partial charge in [-0.2, -0.15) is 14.5 Å². The number of fused-ring (bicyclic) bond motifs is 1. The van der Waals surface area contributed by atoms with E-state index in [4.69, 9.17) is 31.2 Å². The second-order valence-corrected chi connectivity index (χ2v) is 8.76. The zero-order valence-electron chi connectivity index (χ0n) is 20.0. The summed E-state index contributed by atoms with van der Waals surface area (Å²) in [7, 11) is 1.63. The van der Waals surface area contributed by atoms with Crippen LogP contribution in [0.5, 0.6) is 0 Å². The first-order valence-corrected chi connectivity index (χ1v) is 11.3. The van der Waals surface area contributed by atoms with E-state index in [1.807, 2.05) is 0 Å². The van der Waals surface area contributed by atoms with Gasteiger partial charge in [0.15, 0.2) is 6.23 Å². The minimum absolute atomic E-state index is 0.0537. The SMILES string of the molecule is C[n+]1cn([C@@H]2O[C@H](CO)[C@@H](O)[C@H]2O)c2nc(N)[nH]c(=O)c21.Nc1ccn([C@@H]2O[C@H](CO)[C@@H](O)[C@H]2O)c(=O)n1. The first-order chi connectivity index (χ1) is 18.0. The number of hydrogen-bond donors (Lipinski definition) is 9. The quantitative estimate of drug-likeness (QED) is 0.139. The number of aromatic amines is 1. The molecule has 0 saturated carbocycles. The molecule has 11 N–H and O–H groups in total. The Morgan fingerprint density at radius 1 is 0.947 bits per heavy atom. The molecule has 0 unspecified atom stereocenters. The molecule has 2 fully saturated rings. The van der Waals surface area contributed by atoms with Gasteiger partial charge in [0.05, 0.1) is 20.3 Å². The molecule has 0 aliphatic carbocycles. The summed E-state index contributed by atoms with van der Waals surface area (Å²) >= 11 is 0. The molecule has 5 rings (SSSR count). The molecule has 0 amide bonds. The maximum absolute atomic E-state index is 11.9. The van der Waals surface area contributed by atoms with Crippen molar-refractivity contribution in [3.05, 3.63) is 39.4 Å². The van der Waals surface area contributed by atoms with Gasteiger partial charge in [-0.15, -0.1) is 0 Å². The van der Waals surface area contributed by atoms with Crippen LogP contribution in [0.15, 0.2) is 28.2 Å². The summed E-state index contributed by atoms with van der Waals surface area (Å²) in [5.41, 5.74) is 10.2. The predicted octanol–water partition coefficient (Wildman–Crippen LogP) is -5.82. The largest absolute Gasteiger partial charge is 0.394 e. The fourth-order valence-electron chi connectivity index (χ4n) is 4.29. The Hall–Kier alpha value is -3.49. The molecule has 0 bridgehead atoms. The second kappa shape index (κ2) is 10.7. The Morgan fingerprint density at radius 3 is 2.00 bits per heavy atom. The molecule has 18 heteroatoms. The minimum atomic E-state index is -1.31. The highest BCUT2D eigenvalue weighted by atomic mass is 16.6. The number of imidazole rings is 1. The molecule has 208 valence electrons. The molecule has 0 spiro atoms. The predicted molar refractivity (Wildman–Crippen MR) is 125 cm³/mol. The van der Waals surface area contributed by atoms with Crippen LogP contribution in [0.4, 0.5) is 11.8 Å². The number of aromatic nitrogens is 6. The van der Waals surface area contributed by atoms with Gasteiger partial charge in [0.1, 0.15) is 42.4 Å². The lowest BCUT2D eigenvalue weighted by Crippen LogP contribution is -2.36. The highest BCUT2D eigenvalue weighted by Gasteiger charge is 2.47. The maximum Gasteiger partial charge on any atom is 0.351 e. The molecule has 3 aromatic rings. The molecule has 38 heavy (non-hydrogen) atoms. The van der Waals surface area contributed by atoms with Gasteiger partial charge in [0.2, 0.25) is 18.5 Å². The third kappa shape index (κ3) is 4.86. The number of nitrogens with zero attached hydrogens (tertiary/aromatic N) is 5. The standard InChI is InChI=1S/C11H15N5O5.C9H13N3O5/c1-15-3-16(8-5(15)9(20)14-11(12)13-8)10-7(19)6(18)4(2-17)21-10;10-5-1-2-12(9(16)11-5)8-7(15)6(14)4(3-13)17-8/h3-4,6-7,10,17-19H,2H2,1H3,(H2-,12,13,14,20);1-2,4,6-8,13-15H,3H2,(H2,10,11,16)/p+1/t4-,6-,7-,10-;4-,6-,7-,8-/m11/s1. The number of anilines is 2. The van der Waals surface area contributed by atoms with Crippen molar-refractivity contribution in [1.82, 2.24) is 24.1 Å². The van der Waals surface area contributed by atoms with Crippen LogP contribution < -0.4 is 27.3 Å². The molecule has 8 atom stereocenters. The number of ether oxygens (including phenoxy) is 2.